The largest absolute Gasteiger partial charge is 0.488 e. The summed E-state index contributed by atoms with van der Waals surface area (Å²) in [6.07, 6.45) is 3.87. The van der Waals surface area contributed by atoms with Crippen molar-refractivity contribution in [3.63, 3.8) is 0 Å². The molecule has 0 radical (unpaired) electrons. The zero-order chi connectivity index (χ0) is 14.7. The molecule has 0 aliphatic heterocycles. The minimum Gasteiger partial charge on any atom is -0.488 e. The first-order valence-electron chi connectivity index (χ1n) is 7.03. The van der Waals surface area contributed by atoms with Crippen molar-refractivity contribution in [1.82, 2.24) is 4.98 Å². The van der Waals surface area contributed by atoms with E-state index in [2.05, 4.69) is 4.98 Å². The average molecular weight is 283 g/mol. The molecule has 4 heteroatoms. The molecule has 1 aliphatic rings. The molecule has 1 aromatic carbocycles. The lowest BCUT2D eigenvalue weighted by Crippen LogP contribution is -2.07. The Hall–Kier alpha value is -2.36. The Morgan fingerprint density at radius 1 is 1.29 bits per heavy atom. The molecule has 2 aromatic rings. The van der Waals surface area contributed by atoms with E-state index in [1.807, 2.05) is 36.4 Å². The highest BCUT2D eigenvalue weighted by Crippen LogP contribution is 2.40. The Labute approximate surface area is 123 Å². The smallest absolute Gasteiger partial charge is 0.343 e. The fourth-order valence-electron chi connectivity index (χ4n) is 2.17. The number of carbonyl (C=O) groups excluding carboxylic acids is 1. The summed E-state index contributed by atoms with van der Waals surface area (Å²) in [7, 11) is 1.36. The lowest BCUT2D eigenvalue weighted by Gasteiger charge is -2.11. The number of hydrogen-bond acceptors (Lipinski definition) is 4. The predicted molar refractivity (Wildman–Crippen MR) is 78.3 cm³/mol. The minimum atomic E-state index is -0.423. The highest BCUT2D eigenvalue weighted by molar-refractivity contribution is 5.92. The molecule has 0 saturated heterocycles. The maximum Gasteiger partial charge on any atom is 0.343 e. The van der Waals surface area contributed by atoms with Gasteiger partial charge in [0.15, 0.2) is 0 Å². The second-order valence-electron chi connectivity index (χ2n) is 5.15. The molecule has 1 aromatic heterocycles. The number of hydrogen-bond donors (Lipinski definition) is 0. The summed E-state index contributed by atoms with van der Waals surface area (Å²) in [6.45, 7) is 0.416. The van der Waals surface area contributed by atoms with Crippen molar-refractivity contribution in [2.24, 2.45) is 0 Å². The van der Waals surface area contributed by atoms with Crippen LogP contribution in [0.4, 0.5) is 0 Å². The van der Waals surface area contributed by atoms with E-state index >= 15 is 0 Å². The molecular weight excluding hydrogens is 266 g/mol. The molecule has 1 heterocycles. The molecule has 1 fully saturated rings. The van der Waals surface area contributed by atoms with Gasteiger partial charge in [-0.05, 0) is 18.4 Å². The van der Waals surface area contributed by atoms with E-state index in [4.69, 9.17) is 9.47 Å². The van der Waals surface area contributed by atoms with Gasteiger partial charge in [-0.2, -0.15) is 0 Å². The Kier molecular flexibility index (Phi) is 3.86. The lowest BCUT2D eigenvalue weighted by molar-refractivity contribution is 0.0595. The fourth-order valence-corrected chi connectivity index (χ4v) is 2.17. The van der Waals surface area contributed by atoms with Gasteiger partial charge in [-0.1, -0.05) is 30.3 Å². The number of nitrogens with zero attached hydrogens (tertiary/aromatic N) is 1. The van der Waals surface area contributed by atoms with Crippen LogP contribution in [0.5, 0.6) is 5.75 Å². The summed E-state index contributed by atoms with van der Waals surface area (Å²) in [4.78, 5) is 16.1. The third-order valence-corrected chi connectivity index (χ3v) is 3.53. The number of esters is 1. The molecule has 108 valence electrons. The van der Waals surface area contributed by atoms with Crippen LogP contribution in [0, 0.1) is 0 Å². The quantitative estimate of drug-likeness (QED) is 0.790. The third kappa shape index (κ3) is 3.21. The summed E-state index contributed by atoms with van der Waals surface area (Å²) in [5.74, 6) is 0.631. The second kappa shape index (κ2) is 5.95. The topological polar surface area (TPSA) is 48.4 Å². The van der Waals surface area contributed by atoms with Crippen molar-refractivity contribution in [2.45, 2.75) is 25.4 Å². The first-order chi connectivity index (χ1) is 10.3. The number of methoxy groups -OCH3 is 1. The van der Waals surface area contributed by atoms with Gasteiger partial charge in [0.25, 0.3) is 0 Å². The van der Waals surface area contributed by atoms with Crippen LogP contribution in [0.25, 0.3) is 0 Å². The van der Waals surface area contributed by atoms with Crippen LogP contribution in [0.1, 0.15) is 40.4 Å². The number of carbonyl (C=O) groups is 1. The van der Waals surface area contributed by atoms with Crippen molar-refractivity contribution < 1.29 is 14.3 Å². The van der Waals surface area contributed by atoms with Crippen molar-refractivity contribution >= 4 is 5.97 Å². The molecule has 21 heavy (non-hydrogen) atoms. The van der Waals surface area contributed by atoms with Gasteiger partial charge in [-0.25, -0.2) is 4.79 Å². The lowest BCUT2D eigenvalue weighted by atomic mass is 10.2. The Balaban J connectivity index is 1.83. The summed E-state index contributed by atoms with van der Waals surface area (Å²) in [5.41, 5.74) is 2.42. The molecule has 0 N–H and O–H groups in total. The molecule has 0 bridgehead atoms. The van der Waals surface area contributed by atoms with Crippen molar-refractivity contribution in [2.75, 3.05) is 7.11 Å². The van der Waals surface area contributed by atoms with Gasteiger partial charge in [0.2, 0.25) is 0 Å². The molecule has 0 unspecified atom stereocenters. The number of pyridine rings is 1. The van der Waals surface area contributed by atoms with Gasteiger partial charge < -0.3 is 9.47 Å². The van der Waals surface area contributed by atoms with Crippen molar-refractivity contribution in [1.29, 1.82) is 0 Å². The zero-order valence-corrected chi connectivity index (χ0v) is 11.9. The molecule has 4 nitrogen and oxygen atoms in total. The normalized spacial score (nSPS) is 13.8. The first-order valence-corrected chi connectivity index (χ1v) is 7.03. The van der Waals surface area contributed by atoms with Crippen LogP contribution < -0.4 is 4.74 Å². The molecule has 1 saturated carbocycles. The highest BCUT2D eigenvalue weighted by atomic mass is 16.5. The van der Waals surface area contributed by atoms with Gasteiger partial charge in [-0.15, -0.1) is 0 Å². The number of rotatable bonds is 5. The molecule has 0 spiro atoms. The Morgan fingerprint density at radius 2 is 2.05 bits per heavy atom. The summed E-state index contributed by atoms with van der Waals surface area (Å²) < 4.78 is 10.6. The Bertz CT molecular complexity index is 636. The van der Waals surface area contributed by atoms with Crippen molar-refractivity contribution in [3.8, 4) is 5.75 Å². The van der Waals surface area contributed by atoms with Gasteiger partial charge in [-0.3, -0.25) is 4.98 Å². The van der Waals surface area contributed by atoms with Crippen LogP contribution in [0.2, 0.25) is 0 Å². The van der Waals surface area contributed by atoms with E-state index in [1.54, 1.807) is 6.20 Å². The van der Waals surface area contributed by atoms with Gasteiger partial charge in [0, 0.05) is 23.9 Å². The highest BCUT2D eigenvalue weighted by Gasteiger charge is 2.27. The number of benzene rings is 1. The van der Waals surface area contributed by atoms with E-state index in [9.17, 15) is 4.79 Å². The standard InChI is InChI=1S/C17H17NO3/c1-20-17(19)14-10-18-15(13-7-8-13)9-16(14)21-11-12-5-3-2-4-6-12/h2-6,9-10,13H,7-8,11H2,1H3. The van der Waals surface area contributed by atoms with Crippen LogP contribution in [-0.4, -0.2) is 18.1 Å². The number of aromatic nitrogens is 1. The van der Waals surface area contributed by atoms with E-state index in [1.165, 1.54) is 7.11 Å². The van der Waals surface area contributed by atoms with Crippen molar-refractivity contribution in [3.05, 3.63) is 59.4 Å². The molecule has 1 aliphatic carbocycles. The maximum atomic E-state index is 11.8. The predicted octanol–water partition coefficient (Wildman–Crippen LogP) is 3.32. The minimum absolute atomic E-state index is 0.373. The van der Waals surface area contributed by atoms with E-state index < -0.39 is 5.97 Å². The molecular formula is C17H17NO3. The monoisotopic (exact) mass is 283 g/mol. The van der Waals surface area contributed by atoms with E-state index in [-0.39, 0.29) is 0 Å². The maximum absolute atomic E-state index is 11.8. The average Bonchev–Trinajstić information content (AvgIpc) is 3.38. The summed E-state index contributed by atoms with van der Waals surface area (Å²) >= 11 is 0. The molecule has 3 rings (SSSR count). The summed E-state index contributed by atoms with van der Waals surface area (Å²) in [6, 6.07) is 11.7. The Morgan fingerprint density at radius 3 is 2.71 bits per heavy atom. The number of ether oxygens (including phenoxy) is 2. The van der Waals surface area contributed by atoms with E-state index in [0.29, 0.717) is 23.8 Å². The van der Waals surface area contributed by atoms with Crippen LogP contribution in [-0.2, 0) is 11.3 Å². The van der Waals surface area contributed by atoms with Crippen LogP contribution in [0.3, 0.4) is 0 Å². The van der Waals surface area contributed by atoms with Gasteiger partial charge in [0.05, 0.1) is 7.11 Å². The van der Waals surface area contributed by atoms with Crippen LogP contribution >= 0.6 is 0 Å². The van der Waals surface area contributed by atoms with E-state index in [0.717, 1.165) is 24.1 Å². The summed E-state index contributed by atoms with van der Waals surface area (Å²) in [5, 5.41) is 0. The van der Waals surface area contributed by atoms with Crippen LogP contribution in [0.15, 0.2) is 42.6 Å². The first kappa shape index (κ1) is 13.6. The SMILES string of the molecule is COC(=O)c1cnc(C2CC2)cc1OCc1ccccc1. The second-order valence-corrected chi connectivity index (χ2v) is 5.15. The van der Waals surface area contributed by atoms with Gasteiger partial charge in [0.1, 0.15) is 17.9 Å². The molecule has 0 amide bonds. The molecule has 0 atom stereocenters. The zero-order valence-electron chi connectivity index (χ0n) is 11.9. The fraction of sp³-hybridized carbons (Fsp3) is 0.294. The van der Waals surface area contributed by atoms with Gasteiger partial charge >= 0.3 is 5.97 Å². The third-order valence-electron chi connectivity index (χ3n) is 3.53.